The summed E-state index contributed by atoms with van der Waals surface area (Å²) >= 11 is 2.88. The highest BCUT2D eigenvalue weighted by molar-refractivity contribution is 8.00. The highest BCUT2D eigenvalue weighted by Gasteiger charge is 2.33. The molecule has 0 radical (unpaired) electrons. The molecular formula is C24H23FN4O3S2. The molecule has 2 unspecified atom stereocenters. The quantitative estimate of drug-likeness (QED) is 0.351. The Hall–Kier alpha value is -2.98. The minimum Gasteiger partial charge on any atom is -0.485 e. The highest BCUT2D eigenvalue weighted by Crippen LogP contribution is 2.40. The molecule has 0 aliphatic carbocycles. The summed E-state index contributed by atoms with van der Waals surface area (Å²) in [5.41, 5.74) is 0.537. The largest absolute Gasteiger partial charge is 0.485 e. The van der Waals surface area contributed by atoms with Crippen molar-refractivity contribution in [3.05, 3.63) is 78.4 Å². The number of thioether (sulfide) groups is 2. The Balaban J connectivity index is 1.29. The molecule has 2 aromatic carbocycles. The lowest BCUT2D eigenvalue weighted by atomic mass is 10.2. The van der Waals surface area contributed by atoms with Gasteiger partial charge >= 0.3 is 0 Å². The Bertz CT molecular complexity index is 1200. The zero-order chi connectivity index (χ0) is 23.5. The number of nitrogens with zero attached hydrogens (tertiary/aromatic N) is 4. The molecule has 2 aliphatic heterocycles. The number of rotatable bonds is 7. The van der Waals surface area contributed by atoms with Gasteiger partial charge in [0.2, 0.25) is 5.91 Å². The number of halogens is 1. The molecule has 3 heterocycles. The van der Waals surface area contributed by atoms with Crippen molar-refractivity contribution in [1.29, 1.82) is 0 Å². The van der Waals surface area contributed by atoms with Gasteiger partial charge in [0.05, 0.1) is 5.75 Å². The van der Waals surface area contributed by atoms with E-state index in [1.807, 2.05) is 28.8 Å². The van der Waals surface area contributed by atoms with E-state index in [2.05, 4.69) is 16.8 Å². The Kier molecular flexibility index (Phi) is 6.77. The number of amides is 1. The predicted molar refractivity (Wildman–Crippen MR) is 130 cm³/mol. The van der Waals surface area contributed by atoms with Gasteiger partial charge in [-0.1, -0.05) is 48.2 Å². The smallest absolute Gasteiger partial charge is 0.234 e. The summed E-state index contributed by atoms with van der Waals surface area (Å²) in [5, 5.41) is 8.94. The van der Waals surface area contributed by atoms with Crippen LogP contribution in [-0.2, 0) is 11.3 Å². The highest BCUT2D eigenvalue weighted by atomic mass is 32.2. The third-order valence-electron chi connectivity index (χ3n) is 5.56. The third kappa shape index (κ3) is 4.52. The van der Waals surface area contributed by atoms with Crippen LogP contribution in [0.1, 0.15) is 22.9 Å². The van der Waals surface area contributed by atoms with E-state index in [1.54, 1.807) is 40.9 Å². The van der Waals surface area contributed by atoms with Gasteiger partial charge in [0.1, 0.15) is 17.8 Å². The lowest BCUT2D eigenvalue weighted by Crippen LogP contribution is -2.32. The summed E-state index contributed by atoms with van der Waals surface area (Å²) in [7, 11) is 0. The van der Waals surface area contributed by atoms with Crippen LogP contribution in [0.5, 0.6) is 11.5 Å². The first-order valence-electron chi connectivity index (χ1n) is 10.9. The fourth-order valence-electron chi connectivity index (χ4n) is 3.96. The maximum absolute atomic E-state index is 14.3. The van der Waals surface area contributed by atoms with Crippen LogP contribution in [0.3, 0.4) is 0 Å². The van der Waals surface area contributed by atoms with E-state index in [0.29, 0.717) is 47.7 Å². The monoisotopic (exact) mass is 498 g/mol. The minimum atomic E-state index is -0.423. The van der Waals surface area contributed by atoms with Crippen molar-refractivity contribution in [2.45, 2.75) is 23.2 Å². The molecule has 2 aliphatic rings. The molecule has 1 amide bonds. The zero-order valence-electron chi connectivity index (χ0n) is 18.3. The molecule has 1 saturated heterocycles. The second kappa shape index (κ2) is 10.1. The lowest BCUT2D eigenvalue weighted by Gasteiger charge is -2.26. The molecule has 34 heavy (non-hydrogen) atoms. The minimum absolute atomic E-state index is 0.0656. The van der Waals surface area contributed by atoms with Crippen LogP contribution in [0.25, 0.3) is 0 Å². The van der Waals surface area contributed by atoms with E-state index < -0.39 is 6.10 Å². The van der Waals surface area contributed by atoms with E-state index in [0.717, 1.165) is 5.75 Å². The molecule has 1 fully saturated rings. The first-order chi connectivity index (χ1) is 16.7. The number of hydrogen-bond acceptors (Lipinski definition) is 7. The maximum atomic E-state index is 14.3. The molecule has 3 aromatic rings. The third-order valence-corrected chi connectivity index (χ3v) is 7.76. The average molecular weight is 499 g/mol. The molecule has 0 N–H and O–H groups in total. The fraction of sp³-hybridized carbons (Fsp3) is 0.292. The van der Waals surface area contributed by atoms with Crippen LogP contribution in [0.15, 0.2) is 66.3 Å². The number of carbonyl (C=O) groups is 1. The second-order valence-corrected chi connectivity index (χ2v) is 9.86. The number of allylic oxidation sites excluding steroid dienone is 1. The van der Waals surface area contributed by atoms with Gasteiger partial charge in [-0.25, -0.2) is 4.39 Å². The van der Waals surface area contributed by atoms with Crippen LogP contribution in [0.4, 0.5) is 4.39 Å². The summed E-state index contributed by atoms with van der Waals surface area (Å²) in [4.78, 5) is 14.8. The molecule has 0 spiro atoms. The molecule has 0 bridgehead atoms. The Morgan fingerprint density at radius 3 is 2.82 bits per heavy atom. The zero-order valence-corrected chi connectivity index (χ0v) is 19.9. The molecule has 176 valence electrons. The van der Waals surface area contributed by atoms with Gasteiger partial charge in [-0.05, 0) is 18.2 Å². The van der Waals surface area contributed by atoms with Crippen molar-refractivity contribution in [3.8, 4) is 11.5 Å². The maximum Gasteiger partial charge on any atom is 0.234 e. The summed E-state index contributed by atoms with van der Waals surface area (Å²) < 4.78 is 28.1. The first kappa shape index (κ1) is 22.8. The first-order valence-corrected chi connectivity index (χ1v) is 12.9. The molecular weight excluding hydrogens is 475 g/mol. The van der Waals surface area contributed by atoms with Crippen molar-refractivity contribution < 1.29 is 18.7 Å². The van der Waals surface area contributed by atoms with Crippen molar-refractivity contribution in [2.75, 3.05) is 24.7 Å². The average Bonchev–Trinajstić information content (AvgIpc) is 3.50. The van der Waals surface area contributed by atoms with Gasteiger partial charge in [0, 0.05) is 24.4 Å². The molecule has 5 rings (SSSR count). The van der Waals surface area contributed by atoms with Crippen molar-refractivity contribution in [2.24, 2.45) is 0 Å². The summed E-state index contributed by atoms with van der Waals surface area (Å²) in [6, 6.07) is 14.1. The number of aromatic nitrogens is 3. The second-order valence-electron chi connectivity index (χ2n) is 7.72. The van der Waals surface area contributed by atoms with Gasteiger partial charge < -0.3 is 14.4 Å². The van der Waals surface area contributed by atoms with Crippen molar-refractivity contribution >= 4 is 29.4 Å². The van der Waals surface area contributed by atoms with Crippen molar-refractivity contribution in [1.82, 2.24) is 19.7 Å². The number of carbonyl (C=O) groups excluding carboxylic acids is 1. The number of benzene rings is 2. The van der Waals surface area contributed by atoms with Gasteiger partial charge in [0.15, 0.2) is 28.6 Å². The Morgan fingerprint density at radius 1 is 1.21 bits per heavy atom. The van der Waals surface area contributed by atoms with Crippen molar-refractivity contribution in [3.63, 3.8) is 0 Å². The number of ether oxygens (including phenoxy) is 2. The normalized spacial score (nSPS) is 19.3. The van der Waals surface area contributed by atoms with Crippen LogP contribution >= 0.6 is 23.5 Å². The summed E-state index contributed by atoms with van der Waals surface area (Å²) in [6.45, 7) is 5.20. The van der Waals surface area contributed by atoms with E-state index in [-0.39, 0.29) is 22.9 Å². The Labute approximate surface area is 205 Å². The van der Waals surface area contributed by atoms with Gasteiger partial charge in [-0.2, -0.15) is 0 Å². The molecule has 7 nitrogen and oxygen atoms in total. The summed E-state index contributed by atoms with van der Waals surface area (Å²) in [5.74, 6) is 2.55. The fourth-order valence-corrected chi connectivity index (χ4v) is 6.10. The Morgan fingerprint density at radius 2 is 2.00 bits per heavy atom. The molecule has 2 atom stereocenters. The topological polar surface area (TPSA) is 69.5 Å². The van der Waals surface area contributed by atoms with Gasteiger partial charge in [-0.15, -0.1) is 28.5 Å². The predicted octanol–water partition coefficient (Wildman–Crippen LogP) is 4.48. The van der Waals surface area contributed by atoms with E-state index in [1.165, 1.54) is 17.8 Å². The van der Waals surface area contributed by atoms with Crippen LogP contribution in [0, 0.1) is 5.82 Å². The number of para-hydroxylation sites is 2. The van der Waals surface area contributed by atoms with Crippen LogP contribution < -0.4 is 9.47 Å². The molecule has 10 heteroatoms. The van der Waals surface area contributed by atoms with Crippen LogP contribution in [0.2, 0.25) is 0 Å². The van der Waals surface area contributed by atoms with Gasteiger partial charge in [-0.3, -0.25) is 9.36 Å². The van der Waals surface area contributed by atoms with E-state index >= 15 is 0 Å². The SMILES string of the molecule is C=CCn1c(SCC(=O)N2CCSC2c2ccccc2F)nnc1C1COc2ccccc2O1. The lowest BCUT2D eigenvalue weighted by molar-refractivity contribution is -0.128. The summed E-state index contributed by atoms with van der Waals surface area (Å²) in [6.07, 6.45) is 1.33. The standard InChI is InChI=1S/C24H23FN4O3S2/c1-2-11-29-22(20-14-31-18-9-5-6-10-19(18)32-20)26-27-24(29)34-15-21(30)28-12-13-33-23(28)16-7-3-4-8-17(16)25/h2-10,20,23H,1,11-15H2. The van der Waals surface area contributed by atoms with E-state index in [9.17, 15) is 9.18 Å². The molecule has 1 aromatic heterocycles. The number of hydrogen-bond donors (Lipinski definition) is 0. The molecule has 0 saturated carbocycles. The van der Waals surface area contributed by atoms with E-state index in [4.69, 9.17) is 9.47 Å². The van der Waals surface area contributed by atoms with Gasteiger partial charge in [0.25, 0.3) is 0 Å². The van der Waals surface area contributed by atoms with Crippen LogP contribution in [-0.4, -0.2) is 50.2 Å². The number of fused-ring (bicyclic) bond motifs is 1.